The van der Waals surface area contributed by atoms with Crippen LogP contribution in [0.25, 0.3) is 0 Å². The molecule has 1 aromatic carbocycles. The molecule has 2 amide bonds. The lowest BCUT2D eigenvalue weighted by molar-refractivity contribution is -0.120. The fourth-order valence-electron chi connectivity index (χ4n) is 2.47. The minimum Gasteiger partial charge on any atom is -0.342 e. The molecule has 8 heteroatoms. The quantitative estimate of drug-likeness (QED) is 0.697. The fraction of sp³-hybridized carbons (Fsp3) is 0.167. The molecular weight excluding hydrogens is 355 g/mol. The molecule has 6 nitrogen and oxygen atoms in total. The van der Waals surface area contributed by atoms with Crippen LogP contribution in [0.1, 0.15) is 27.1 Å². The van der Waals surface area contributed by atoms with Crippen molar-refractivity contribution in [1.29, 1.82) is 0 Å². The van der Waals surface area contributed by atoms with Gasteiger partial charge in [-0.05, 0) is 29.1 Å². The number of aryl methyl sites for hydroxylation is 1. The number of carbonyl (C=O) groups is 2. The Hall–Kier alpha value is -3.00. The summed E-state index contributed by atoms with van der Waals surface area (Å²) < 4.78 is 15.0. The summed E-state index contributed by atoms with van der Waals surface area (Å²) in [5.74, 6) is -0.422. The molecule has 0 bridgehead atoms. The topological polar surface area (TPSA) is 76.0 Å². The Kier molecular flexibility index (Phi) is 5.43. The number of carbonyl (C=O) groups excluding carboxylic acids is 2. The Morgan fingerprint density at radius 3 is 2.65 bits per heavy atom. The Balaban J connectivity index is 1.71. The van der Waals surface area contributed by atoms with Crippen LogP contribution < -0.4 is 10.6 Å². The van der Waals surface area contributed by atoms with Gasteiger partial charge in [-0.2, -0.15) is 0 Å². The first-order chi connectivity index (χ1) is 12.5. The first kappa shape index (κ1) is 17.8. The van der Waals surface area contributed by atoms with Gasteiger partial charge in [0.1, 0.15) is 17.7 Å². The van der Waals surface area contributed by atoms with E-state index in [0.717, 1.165) is 0 Å². The molecular formula is C18H17FN4O2S. The van der Waals surface area contributed by atoms with Crippen molar-refractivity contribution in [3.63, 3.8) is 0 Å². The van der Waals surface area contributed by atoms with Gasteiger partial charge in [-0.3, -0.25) is 9.59 Å². The van der Waals surface area contributed by atoms with Crippen molar-refractivity contribution in [2.75, 3.05) is 6.54 Å². The number of aromatic nitrogens is 2. The van der Waals surface area contributed by atoms with E-state index >= 15 is 0 Å². The van der Waals surface area contributed by atoms with Gasteiger partial charge < -0.3 is 15.2 Å². The molecule has 0 saturated carbocycles. The van der Waals surface area contributed by atoms with Gasteiger partial charge in [-0.1, -0.05) is 18.2 Å². The second-order valence-corrected chi connectivity index (χ2v) is 6.56. The van der Waals surface area contributed by atoms with E-state index in [1.54, 1.807) is 46.6 Å². The summed E-state index contributed by atoms with van der Waals surface area (Å²) in [5.41, 5.74) is 0.693. The Labute approximate surface area is 153 Å². The predicted molar refractivity (Wildman–Crippen MR) is 96.2 cm³/mol. The summed E-state index contributed by atoms with van der Waals surface area (Å²) >= 11 is 1.30. The molecule has 134 valence electrons. The van der Waals surface area contributed by atoms with Gasteiger partial charge in [0.05, 0.1) is 11.4 Å². The number of nitrogens with one attached hydrogen (secondary N) is 2. The molecule has 1 atom stereocenters. The van der Waals surface area contributed by atoms with Crippen molar-refractivity contribution >= 4 is 23.2 Å². The van der Waals surface area contributed by atoms with Crippen molar-refractivity contribution in [2.45, 2.75) is 6.04 Å². The highest BCUT2D eigenvalue weighted by molar-refractivity contribution is 7.12. The van der Waals surface area contributed by atoms with E-state index in [0.29, 0.717) is 16.3 Å². The number of nitrogens with zero attached hydrogens (tertiary/aromatic N) is 2. The zero-order valence-electron chi connectivity index (χ0n) is 14.0. The SMILES string of the molecule is Cn1ccnc1C(NC(=O)CNC(=O)c1cccs1)c1ccc(F)cc1. The van der Waals surface area contributed by atoms with Gasteiger partial charge in [0.2, 0.25) is 5.91 Å². The van der Waals surface area contributed by atoms with Crippen LogP contribution in [0.3, 0.4) is 0 Å². The van der Waals surface area contributed by atoms with Gasteiger partial charge in [-0.25, -0.2) is 9.37 Å². The van der Waals surface area contributed by atoms with E-state index in [4.69, 9.17) is 0 Å². The van der Waals surface area contributed by atoms with E-state index < -0.39 is 6.04 Å². The number of thiophene rings is 1. The van der Waals surface area contributed by atoms with Crippen LogP contribution in [0.5, 0.6) is 0 Å². The number of imidazole rings is 1. The van der Waals surface area contributed by atoms with Crippen molar-refractivity contribution in [2.24, 2.45) is 7.05 Å². The Morgan fingerprint density at radius 2 is 2.04 bits per heavy atom. The van der Waals surface area contributed by atoms with Crippen LogP contribution in [0.2, 0.25) is 0 Å². The lowest BCUT2D eigenvalue weighted by Crippen LogP contribution is -2.39. The summed E-state index contributed by atoms with van der Waals surface area (Å²) in [6, 6.07) is 8.75. The lowest BCUT2D eigenvalue weighted by atomic mass is 10.1. The molecule has 3 rings (SSSR count). The number of halogens is 1. The number of hydrogen-bond acceptors (Lipinski definition) is 4. The summed E-state index contributed by atoms with van der Waals surface area (Å²) in [6.45, 7) is -0.168. The van der Waals surface area contributed by atoms with E-state index in [1.165, 1.54) is 23.5 Å². The monoisotopic (exact) mass is 372 g/mol. The third-order valence-electron chi connectivity index (χ3n) is 3.78. The number of hydrogen-bond donors (Lipinski definition) is 2. The Bertz CT molecular complexity index is 890. The summed E-state index contributed by atoms with van der Waals surface area (Å²) in [5, 5.41) is 7.22. The molecule has 26 heavy (non-hydrogen) atoms. The number of amides is 2. The summed E-state index contributed by atoms with van der Waals surface area (Å²) in [4.78, 5) is 29.1. The molecule has 0 aliphatic carbocycles. The number of benzene rings is 1. The molecule has 0 saturated heterocycles. The van der Waals surface area contributed by atoms with Gasteiger partial charge in [0.15, 0.2) is 0 Å². The molecule has 3 aromatic rings. The average Bonchev–Trinajstić information content (AvgIpc) is 3.30. The first-order valence-electron chi connectivity index (χ1n) is 7.88. The zero-order valence-corrected chi connectivity index (χ0v) is 14.8. The summed E-state index contributed by atoms with van der Waals surface area (Å²) in [6.07, 6.45) is 3.38. The van der Waals surface area contributed by atoms with Crippen LogP contribution in [0.4, 0.5) is 4.39 Å². The molecule has 0 aliphatic rings. The smallest absolute Gasteiger partial charge is 0.261 e. The van der Waals surface area contributed by atoms with Crippen LogP contribution >= 0.6 is 11.3 Å². The van der Waals surface area contributed by atoms with Gasteiger partial charge >= 0.3 is 0 Å². The van der Waals surface area contributed by atoms with Gasteiger partial charge in [0.25, 0.3) is 5.91 Å². The molecule has 0 aliphatic heterocycles. The highest BCUT2D eigenvalue weighted by Gasteiger charge is 2.21. The Morgan fingerprint density at radius 1 is 1.27 bits per heavy atom. The third kappa shape index (κ3) is 4.15. The maximum Gasteiger partial charge on any atom is 0.261 e. The maximum absolute atomic E-state index is 13.2. The molecule has 0 fully saturated rings. The van der Waals surface area contributed by atoms with Crippen molar-refractivity contribution < 1.29 is 14.0 Å². The fourth-order valence-corrected chi connectivity index (χ4v) is 3.12. The van der Waals surface area contributed by atoms with Crippen LogP contribution in [0, 0.1) is 5.82 Å². The zero-order chi connectivity index (χ0) is 18.5. The number of rotatable bonds is 6. The molecule has 0 spiro atoms. The molecule has 0 radical (unpaired) electrons. The summed E-state index contributed by atoms with van der Waals surface area (Å²) in [7, 11) is 1.81. The second kappa shape index (κ2) is 7.92. The molecule has 2 N–H and O–H groups in total. The van der Waals surface area contributed by atoms with Crippen LogP contribution in [-0.2, 0) is 11.8 Å². The minimum atomic E-state index is -0.554. The highest BCUT2D eigenvalue weighted by Crippen LogP contribution is 2.20. The molecule has 1 unspecified atom stereocenters. The van der Waals surface area contributed by atoms with E-state index in [2.05, 4.69) is 15.6 Å². The van der Waals surface area contributed by atoms with Crippen LogP contribution in [-0.4, -0.2) is 27.9 Å². The predicted octanol–water partition coefficient (Wildman–Crippen LogP) is 2.26. The third-order valence-corrected chi connectivity index (χ3v) is 4.65. The van der Waals surface area contributed by atoms with Crippen LogP contribution in [0.15, 0.2) is 54.2 Å². The second-order valence-electron chi connectivity index (χ2n) is 5.61. The molecule has 2 aromatic heterocycles. The van der Waals surface area contributed by atoms with Gasteiger partial charge in [-0.15, -0.1) is 11.3 Å². The average molecular weight is 372 g/mol. The van der Waals surface area contributed by atoms with E-state index in [9.17, 15) is 14.0 Å². The normalized spacial score (nSPS) is 11.8. The van der Waals surface area contributed by atoms with Crippen molar-refractivity contribution in [3.05, 3.63) is 76.3 Å². The van der Waals surface area contributed by atoms with Crippen molar-refractivity contribution in [1.82, 2.24) is 20.2 Å². The van der Waals surface area contributed by atoms with Gasteiger partial charge in [0, 0.05) is 19.4 Å². The maximum atomic E-state index is 13.2. The first-order valence-corrected chi connectivity index (χ1v) is 8.76. The standard InChI is InChI=1S/C18H17FN4O2S/c1-23-9-8-20-17(23)16(12-4-6-13(19)7-5-12)22-15(24)11-21-18(25)14-3-2-10-26-14/h2-10,16H,11H2,1H3,(H,21,25)(H,22,24). The minimum absolute atomic E-state index is 0.168. The lowest BCUT2D eigenvalue weighted by Gasteiger charge is -2.19. The van der Waals surface area contributed by atoms with E-state index in [1.807, 2.05) is 7.05 Å². The largest absolute Gasteiger partial charge is 0.342 e. The molecule has 2 heterocycles. The van der Waals surface area contributed by atoms with E-state index in [-0.39, 0.29) is 24.2 Å². The highest BCUT2D eigenvalue weighted by atomic mass is 32.1. The van der Waals surface area contributed by atoms with Crippen molar-refractivity contribution in [3.8, 4) is 0 Å².